The molecule has 150 valence electrons. The zero-order valence-electron chi connectivity index (χ0n) is 15.1. The first-order chi connectivity index (χ1) is 13.9. The van der Waals surface area contributed by atoms with Gasteiger partial charge in [0.15, 0.2) is 0 Å². The van der Waals surface area contributed by atoms with E-state index >= 15 is 0 Å². The highest BCUT2D eigenvalue weighted by Gasteiger charge is 2.25. The van der Waals surface area contributed by atoms with Crippen molar-refractivity contribution in [3.05, 3.63) is 76.9 Å². The average Bonchev–Trinajstić information content (AvgIpc) is 3.25. The maximum atomic E-state index is 14.0. The van der Waals surface area contributed by atoms with Crippen LogP contribution >= 0.6 is 23.1 Å². The number of thioether (sulfide) groups is 1. The lowest BCUT2D eigenvalue weighted by Crippen LogP contribution is -2.30. The summed E-state index contributed by atoms with van der Waals surface area (Å²) >= 11 is 2.59. The fraction of sp³-hybridized carbons (Fsp3) is 0.150. The molecule has 5 nitrogen and oxygen atoms in total. The second-order valence-electron chi connectivity index (χ2n) is 6.44. The van der Waals surface area contributed by atoms with Crippen molar-refractivity contribution < 1.29 is 17.6 Å². The first-order valence-electron chi connectivity index (χ1n) is 8.82. The van der Waals surface area contributed by atoms with Crippen LogP contribution in [-0.4, -0.2) is 20.1 Å². The summed E-state index contributed by atoms with van der Waals surface area (Å²) < 4.78 is 41.3. The first kappa shape index (κ1) is 19.9. The Labute approximate surface area is 176 Å². The number of halogens is 1. The Morgan fingerprint density at radius 3 is 2.59 bits per heavy atom. The van der Waals surface area contributed by atoms with E-state index in [0.717, 1.165) is 22.7 Å². The first-order valence-corrected chi connectivity index (χ1v) is 12.2. The van der Waals surface area contributed by atoms with Crippen molar-refractivity contribution in [3.8, 4) is 0 Å². The van der Waals surface area contributed by atoms with E-state index in [0.29, 0.717) is 22.6 Å². The van der Waals surface area contributed by atoms with Crippen LogP contribution in [-0.2, 0) is 10.0 Å². The average molecular weight is 449 g/mol. The van der Waals surface area contributed by atoms with Crippen LogP contribution in [0.5, 0.6) is 0 Å². The van der Waals surface area contributed by atoms with Crippen LogP contribution in [0.2, 0.25) is 0 Å². The lowest BCUT2D eigenvalue weighted by Gasteiger charge is -2.26. The third-order valence-electron chi connectivity index (χ3n) is 4.49. The van der Waals surface area contributed by atoms with Crippen LogP contribution in [0.15, 0.2) is 69.1 Å². The maximum Gasteiger partial charge on any atom is 0.271 e. The maximum absolute atomic E-state index is 14.0. The molecule has 0 saturated heterocycles. The number of carbonyl (C=O) groups is 1. The van der Waals surface area contributed by atoms with E-state index in [1.807, 2.05) is 6.07 Å². The molecule has 2 N–H and O–H groups in total. The largest absolute Gasteiger partial charge is 0.345 e. The molecule has 1 aromatic heterocycles. The third kappa shape index (κ3) is 4.31. The van der Waals surface area contributed by atoms with Crippen molar-refractivity contribution in [2.75, 3.05) is 10.5 Å². The van der Waals surface area contributed by atoms with Crippen molar-refractivity contribution >= 4 is 44.7 Å². The second-order valence-corrected chi connectivity index (χ2v) is 10.4. The van der Waals surface area contributed by atoms with Crippen molar-refractivity contribution in [2.45, 2.75) is 21.6 Å². The number of anilines is 1. The van der Waals surface area contributed by atoms with Gasteiger partial charge in [0.1, 0.15) is 10.0 Å². The summed E-state index contributed by atoms with van der Waals surface area (Å²) in [5.41, 5.74) is 1.56. The number of amides is 1. The zero-order chi connectivity index (χ0) is 20.4. The number of hydrogen-bond donors (Lipinski definition) is 2. The molecule has 0 unspecified atom stereocenters. The topological polar surface area (TPSA) is 75.3 Å². The van der Waals surface area contributed by atoms with Crippen LogP contribution in [0, 0.1) is 5.82 Å². The molecule has 0 radical (unpaired) electrons. The summed E-state index contributed by atoms with van der Waals surface area (Å²) in [5, 5.41) is 4.64. The van der Waals surface area contributed by atoms with Gasteiger partial charge in [0, 0.05) is 21.9 Å². The molecule has 0 fully saturated rings. The Hall–Kier alpha value is -2.36. The van der Waals surface area contributed by atoms with Gasteiger partial charge in [0.05, 0.1) is 6.04 Å². The lowest BCUT2D eigenvalue weighted by atomic mass is 10.0. The standard InChI is InChI=1S/C20H17FN2O3S3/c21-16-4-1-3-15-17(10-12-28-19(15)16)22-20(24)13-6-8-14(9-7-13)23-29(25,26)18-5-2-11-27-18/h1-9,11,17,23H,10,12H2,(H,22,24)/t17-/m0/s1. The fourth-order valence-electron chi connectivity index (χ4n) is 3.09. The quantitative estimate of drug-likeness (QED) is 0.596. The lowest BCUT2D eigenvalue weighted by molar-refractivity contribution is 0.0935. The molecule has 1 aliphatic heterocycles. The van der Waals surface area contributed by atoms with Crippen LogP contribution in [0.25, 0.3) is 0 Å². The van der Waals surface area contributed by atoms with Gasteiger partial charge in [-0.05, 0) is 53.8 Å². The number of benzene rings is 2. The molecule has 1 atom stereocenters. The number of sulfonamides is 1. The third-order valence-corrected chi connectivity index (χ3v) is 8.43. The molecule has 0 bridgehead atoms. The van der Waals surface area contributed by atoms with Crippen LogP contribution in [0.3, 0.4) is 0 Å². The van der Waals surface area contributed by atoms with Crippen molar-refractivity contribution in [3.63, 3.8) is 0 Å². The van der Waals surface area contributed by atoms with Crippen LogP contribution in [0.4, 0.5) is 10.1 Å². The number of carbonyl (C=O) groups excluding carboxylic acids is 1. The van der Waals surface area contributed by atoms with Gasteiger partial charge in [-0.1, -0.05) is 18.2 Å². The number of rotatable bonds is 5. The molecule has 2 heterocycles. The normalized spacial score (nSPS) is 16.1. The summed E-state index contributed by atoms with van der Waals surface area (Å²) in [6.07, 6.45) is 0.714. The predicted octanol–water partition coefficient (Wildman–Crippen LogP) is 4.65. The molecule has 0 saturated carbocycles. The highest BCUT2D eigenvalue weighted by atomic mass is 32.2. The molecule has 2 aromatic carbocycles. The molecule has 4 rings (SSSR count). The van der Waals surface area contributed by atoms with Crippen LogP contribution < -0.4 is 10.0 Å². The monoisotopic (exact) mass is 448 g/mol. The van der Waals surface area contributed by atoms with E-state index in [2.05, 4.69) is 10.0 Å². The molecular weight excluding hydrogens is 431 g/mol. The van der Waals surface area contributed by atoms with E-state index < -0.39 is 10.0 Å². The molecule has 1 aliphatic rings. The summed E-state index contributed by atoms with van der Waals surface area (Å²) in [7, 11) is -3.63. The summed E-state index contributed by atoms with van der Waals surface area (Å²) in [6.45, 7) is 0. The molecule has 0 aliphatic carbocycles. The van der Waals surface area contributed by atoms with E-state index in [4.69, 9.17) is 0 Å². The van der Waals surface area contributed by atoms with Crippen molar-refractivity contribution in [2.24, 2.45) is 0 Å². The minimum absolute atomic E-state index is 0.223. The summed E-state index contributed by atoms with van der Waals surface area (Å²) in [4.78, 5) is 13.2. The molecule has 1 amide bonds. The Balaban J connectivity index is 1.46. The number of nitrogens with one attached hydrogen (secondary N) is 2. The van der Waals surface area contributed by atoms with Gasteiger partial charge in [-0.2, -0.15) is 0 Å². The van der Waals surface area contributed by atoms with E-state index in [9.17, 15) is 17.6 Å². The molecule has 3 aromatic rings. The number of fused-ring (bicyclic) bond motifs is 1. The van der Waals surface area contributed by atoms with Gasteiger partial charge in [-0.3, -0.25) is 9.52 Å². The SMILES string of the molecule is O=C(N[C@H]1CCSc2c(F)cccc21)c1ccc(NS(=O)(=O)c2cccs2)cc1. The van der Waals surface area contributed by atoms with Crippen LogP contribution in [0.1, 0.15) is 28.4 Å². The Kier molecular flexibility index (Phi) is 5.62. The summed E-state index contributed by atoms with van der Waals surface area (Å²) in [5.74, 6) is 0.168. The van der Waals surface area contributed by atoms with Gasteiger partial charge in [-0.15, -0.1) is 23.1 Å². The highest BCUT2D eigenvalue weighted by molar-refractivity contribution is 7.99. The fourth-order valence-corrected chi connectivity index (χ4v) is 6.28. The minimum atomic E-state index is -3.63. The Morgan fingerprint density at radius 1 is 1.07 bits per heavy atom. The van der Waals surface area contributed by atoms with Gasteiger partial charge < -0.3 is 5.32 Å². The zero-order valence-corrected chi connectivity index (χ0v) is 17.5. The van der Waals surface area contributed by atoms with E-state index in [1.54, 1.807) is 41.8 Å². The van der Waals surface area contributed by atoms with Gasteiger partial charge >= 0.3 is 0 Å². The highest BCUT2D eigenvalue weighted by Crippen LogP contribution is 2.37. The molecule has 0 spiro atoms. The second kappa shape index (κ2) is 8.17. The number of thiophene rings is 1. The van der Waals surface area contributed by atoms with Crippen molar-refractivity contribution in [1.82, 2.24) is 5.32 Å². The molecule has 9 heteroatoms. The predicted molar refractivity (Wildman–Crippen MR) is 114 cm³/mol. The number of hydrogen-bond acceptors (Lipinski definition) is 5. The molecule has 29 heavy (non-hydrogen) atoms. The Bertz CT molecular complexity index is 1130. The van der Waals surface area contributed by atoms with Gasteiger partial charge in [-0.25, -0.2) is 12.8 Å². The molecular formula is C20H17FN2O3S3. The Morgan fingerprint density at radius 2 is 1.86 bits per heavy atom. The van der Waals surface area contributed by atoms with Gasteiger partial charge in [0.25, 0.3) is 15.9 Å². The van der Waals surface area contributed by atoms with Gasteiger partial charge in [0.2, 0.25) is 0 Å². The summed E-state index contributed by atoms with van der Waals surface area (Å²) in [6, 6.07) is 14.0. The smallest absolute Gasteiger partial charge is 0.271 e. The van der Waals surface area contributed by atoms with E-state index in [1.165, 1.54) is 23.9 Å². The minimum Gasteiger partial charge on any atom is -0.345 e. The van der Waals surface area contributed by atoms with Crippen molar-refractivity contribution in [1.29, 1.82) is 0 Å². The van der Waals surface area contributed by atoms with E-state index in [-0.39, 0.29) is 22.0 Å².